The van der Waals surface area contributed by atoms with E-state index in [9.17, 15) is 10.2 Å². The summed E-state index contributed by atoms with van der Waals surface area (Å²) in [6.07, 6.45) is 0. The standard InChI is InChI=1S/C15H16O3/c1-10(12-8-7-11(16)9-14(12)17)13-5-3-4-6-15(13)18-2/h3-10,16-17H,1-2H3. The van der Waals surface area contributed by atoms with Crippen LogP contribution in [0.15, 0.2) is 42.5 Å². The summed E-state index contributed by atoms with van der Waals surface area (Å²) in [6.45, 7) is 1.99. The van der Waals surface area contributed by atoms with E-state index in [-0.39, 0.29) is 17.4 Å². The maximum atomic E-state index is 9.89. The highest BCUT2D eigenvalue weighted by atomic mass is 16.5. The first kappa shape index (κ1) is 12.3. The molecule has 0 spiro atoms. The van der Waals surface area contributed by atoms with Crippen LogP contribution in [0.4, 0.5) is 0 Å². The molecule has 0 saturated heterocycles. The van der Waals surface area contributed by atoms with Crippen molar-refractivity contribution in [1.82, 2.24) is 0 Å². The Balaban J connectivity index is 2.44. The zero-order chi connectivity index (χ0) is 13.1. The van der Waals surface area contributed by atoms with E-state index in [1.807, 2.05) is 31.2 Å². The van der Waals surface area contributed by atoms with Gasteiger partial charge in [0.2, 0.25) is 0 Å². The fraction of sp³-hybridized carbons (Fsp3) is 0.200. The molecule has 0 aliphatic rings. The minimum absolute atomic E-state index is 0.0123. The van der Waals surface area contributed by atoms with Crippen molar-refractivity contribution in [2.24, 2.45) is 0 Å². The van der Waals surface area contributed by atoms with E-state index < -0.39 is 0 Å². The molecule has 1 atom stereocenters. The lowest BCUT2D eigenvalue weighted by Crippen LogP contribution is -1.99. The highest BCUT2D eigenvalue weighted by Crippen LogP contribution is 2.36. The van der Waals surface area contributed by atoms with Crippen LogP contribution in [0.5, 0.6) is 17.2 Å². The van der Waals surface area contributed by atoms with Gasteiger partial charge >= 0.3 is 0 Å². The average Bonchev–Trinajstić information content (AvgIpc) is 2.38. The maximum absolute atomic E-state index is 9.89. The van der Waals surface area contributed by atoms with Crippen molar-refractivity contribution in [2.75, 3.05) is 7.11 Å². The third kappa shape index (κ3) is 2.25. The van der Waals surface area contributed by atoms with E-state index >= 15 is 0 Å². The van der Waals surface area contributed by atoms with Crippen molar-refractivity contribution >= 4 is 0 Å². The van der Waals surface area contributed by atoms with Crippen LogP contribution in [-0.4, -0.2) is 17.3 Å². The van der Waals surface area contributed by atoms with Gasteiger partial charge in [-0.1, -0.05) is 31.2 Å². The molecule has 18 heavy (non-hydrogen) atoms. The van der Waals surface area contributed by atoms with Gasteiger partial charge in [0.25, 0.3) is 0 Å². The van der Waals surface area contributed by atoms with E-state index in [0.717, 1.165) is 16.9 Å². The number of aromatic hydroxyl groups is 2. The van der Waals surface area contributed by atoms with Crippen LogP contribution in [0.25, 0.3) is 0 Å². The van der Waals surface area contributed by atoms with Gasteiger partial charge in [0.1, 0.15) is 17.2 Å². The summed E-state index contributed by atoms with van der Waals surface area (Å²) in [4.78, 5) is 0. The molecule has 1 unspecified atom stereocenters. The maximum Gasteiger partial charge on any atom is 0.123 e. The number of hydrogen-bond donors (Lipinski definition) is 2. The van der Waals surface area contributed by atoms with Gasteiger partial charge in [0.05, 0.1) is 7.11 Å². The van der Waals surface area contributed by atoms with Gasteiger partial charge in [-0.25, -0.2) is 0 Å². The Labute approximate surface area is 106 Å². The van der Waals surface area contributed by atoms with Gasteiger partial charge in [-0.3, -0.25) is 0 Å². The Bertz CT molecular complexity index is 549. The number of phenolic OH excluding ortho intramolecular Hbond substituents is 2. The normalized spacial score (nSPS) is 12.1. The highest BCUT2D eigenvalue weighted by molar-refractivity contribution is 5.48. The van der Waals surface area contributed by atoms with Crippen molar-refractivity contribution in [3.05, 3.63) is 53.6 Å². The number of ether oxygens (including phenoxy) is 1. The molecule has 0 aromatic heterocycles. The van der Waals surface area contributed by atoms with E-state index in [1.165, 1.54) is 6.07 Å². The molecular formula is C15H16O3. The van der Waals surface area contributed by atoms with E-state index in [0.29, 0.717) is 0 Å². The summed E-state index contributed by atoms with van der Waals surface area (Å²) in [5, 5.41) is 19.2. The molecule has 0 heterocycles. The van der Waals surface area contributed by atoms with Crippen LogP contribution in [0.2, 0.25) is 0 Å². The smallest absolute Gasteiger partial charge is 0.123 e. The molecule has 3 nitrogen and oxygen atoms in total. The van der Waals surface area contributed by atoms with Crippen LogP contribution in [-0.2, 0) is 0 Å². The third-order valence-corrected chi connectivity index (χ3v) is 3.09. The monoisotopic (exact) mass is 244 g/mol. The van der Waals surface area contributed by atoms with Crippen molar-refractivity contribution in [1.29, 1.82) is 0 Å². The number of rotatable bonds is 3. The van der Waals surface area contributed by atoms with Crippen LogP contribution in [0.1, 0.15) is 24.0 Å². The summed E-state index contributed by atoms with van der Waals surface area (Å²) < 4.78 is 5.32. The molecule has 3 heteroatoms. The molecule has 2 rings (SSSR count). The zero-order valence-electron chi connectivity index (χ0n) is 10.4. The quantitative estimate of drug-likeness (QED) is 0.871. The first-order chi connectivity index (χ1) is 8.63. The lowest BCUT2D eigenvalue weighted by molar-refractivity contribution is 0.407. The van der Waals surface area contributed by atoms with Crippen molar-refractivity contribution in [3.8, 4) is 17.2 Å². The fourth-order valence-corrected chi connectivity index (χ4v) is 2.09. The van der Waals surface area contributed by atoms with Crippen molar-refractivity contribution in [3.63, 3.8) is 0 Å². The molecule has 2 N–H and O–H groups in total. The first-order valence-electron chi connectivity index (χ1n) is 5.78. The van der Waals surface area contributed by atoms with E-state index in [4.69, 9.17) is 4.74 Å². The Kier molecular flexibility index (Phi) is 3.42. The number of para-hydroxylation sites is 1. The van der Waals surface area contributed by atoms with Crippen molar-refractivity contribution in [2.45, 2.75) is 12.8 Å². The molecular weight excluding hydrogens is 228 g/mol. The van der Waals surface area contributed by atoms with Gasteiger partial charge in [-0.15, -0.1) is 0 Å². The Morgan fingerprint density at radius 2 is 1.72 bits per heavy atom. The molecule has 2 aromatic carbocycles. The second-order valence-electron chi connectivity index (χ2n) is 4.21. The summed E-state index contributed by atoms with van der Waals surface area (Å²) in [5.41, 5.74) is 1.76. The SMILES string of the molecule is COc1ccccc1C(C)c1ccc(O)cc1O. The van der Waals surface area contributed by atoms with Gasteiger partial charge in [-0.05, 0) is 12.1 Å². The second-order valence-corrected chi connectivity index (χ2v) is 4.21. The van der Waals surface area contributed by atoms with Gasteiger partial charge in [0, 0.05) is 23.1 Å². The van der Waals surface area contributed by atoms with Gasteiger partial charge in [-0.2, -0.15) is 0 Å². The van der Waals surface area contributed by atoms with E-state index in [2.05, 4.69) is 0 Å². The van der Waals surface area contributed by atoms with Crippen molar-refractivity contribution < 1.29 is 14.9 Å². The molecule has 0 fully saturated rings. The largest absolute Gasteiger partial charge is 0.508 e. The summed E-state index contributed by atoms with van der Waals surface area (Å²) >= 11 is 0. The lowest BCUT2D eigenvalue weighted by Gasteiger charge is -2.17. The molecule has 0 amide bonds. The molecule has 0 radical (unpaired) electrons. The Hall–Kier alpha value is -2.16. The predicted octanol–water partition coefficient (Wildman–Crippen LogP) is 3.26. The number of benzene rings is 2. The zero-order valence-corrected chi connectivity index (χ0v) is 10.4. The number of hydrogen-bond acceptors (Lipinski definition) is 3. The fourth-order valence-electron chi connectivity index (χ4n) is 2.09. The number of methoxy groups -OCH3 is 1. The van der Waals surface area contributed by atoms with Crippen LogP contribution >= 0.6 is 0 Å². The van der Waals surface area contributed by atoms with Crippen LogP contribution in [0, 0.1) is 0 Å². The number of phenols is 2. The predicted molar refractivity (Wildman–Crippen MR) is 70.3 cm³/mol. The molecule has 0 bridgehead atoms. The third-order valence-electron chi connectivity index (χ3n) is 3.09. The second kappa shape index (κ2) is 5.00. The van der Waals surface area contributed by atoms with Crippen LogP contribution < -0.4 is 4.74 Å². The average molecular weight is 244 g/mol. The minimum atomic E-state index is -0.0123. The molecule has 0 aliphatic heterocycles. The molecule has 0 saturated carbocycles. The minimum Gasteiger partial charge on any atom is -0.508 e. The molecule has 94 valence electrons. The van der Waals surface area contributed by atoms with Gasteiger partial charge in [0.15, 0.2) is 0 Å². The van der Waals surface area contributed by atoms with Crippen LogP contribution in [0.3, 0.4) is 0 Å². The molecule has 2 aromatic rings. The Morgan fingerprint density at radius 3 is 2.39 bits per heavy atom. The summed E-state index contributed by atoms with van der Waals surface area (Å²) in [7, 11) is 1.63. The Morgan fingerprint density at radius 1 is 1.00 bits per heavy atom. The van der Waals surface area contributed by atoms with Gasteiger partial charge < -0.3 is 14.9 Å². The molecule has 0 aliphatic carbocycles. The first-order valence-corrected chi connectivity index (χ1v) is 5.78. The lowest BCUT2D eigenvalue weighted by atomic mass is 9.91. The summed E-state index contributed by atoms with van der Waals surface area (Å²) in [5.74, 6) is 0.927. The topological polar surface area (TPSA) is 49.7 Å². The summed E-state index contributed by atoms with van der Waals surface area (Å²) in [6, 6.07) is 12.3. The highest BCUT2D eigenvalue weighted by Gasteiger charge is 2.16. The van der Waals surface area contributed by atoms with E-state index in [1.54, 1.807) is 19.2 Å².